The molecule has 3 rings (SSSR count). The topological polar surface area (TPSA) is 86.6 Å². The highest BCUT2D eigenvalue weighted by Gasteiger charge is 2.49. The van der Waals surface area contributed by atoms with E-state index < -0.39 is 12.0 Å². The van der Waals surface area contributed by atoms with Gasteiger partial charge >= 0.3 is 5.97 Å². The number of likely N-dealkylation sites (tertiary alicyclic amines) is 1. The van der Waals surface area contributed by atoms with Gasteiger partial charge in [0.2, 0.25) is 5.91 Å². The number of aryl methyl sites for hydroxylation is 1. The third kappa shape index (κ3) is 3.52. The molecule has 0 saturated carbocycles. The standard InChI is InChI=1S/C19H28N4O3/c1-12(2)15-9-17(21-13(3)20-15)22-7-5-19(6-8-22)10-16(18(25)26)23(11-19)14(4)24/h9,12,16H,5-8,10-11H2,1-4H3,(H,25,26). The third-order valence-corrected chi connectivity index (χ3v) is 5.78. The number of aromatic nitrogens is 2. The molecule has 0 aliphatic carbocycles. The molecule has 1 aromatic heterocycles. The smallest absolute Gasteiger partial charge is 0.326 e. The average Bonchev–Trinajstić information content (AvgIpc) is 2.95. The van der Waals surface area contributed by atoms with Gasteiger partial charge in [-0.2, -0.15) is 0 Å². The average molecular weight is 360 g/mol. The summed E-state index contributed by atoms with van der Waals surface area (Å²) >= 11 is 0. The van der Waals surface area contributed by atoms with Crippen LogP contribution in [0.3, 0.4) is 0 Å². The monoisotopic (exact) mass is 360 g/mol. The molecule has 2 aliphatic heterocycles. The van der Waals surface area contributed by atoms with E-state index >= 15 is 0 Å². The van der Waals surface area contributed by atoms with E-state index in [2.05, 4.69) is 34.8 Å². The molecule has 1 unspecified atom stereocenters. The zero-order valence-electron chi connectivity index (χ0n) is 16.0. The SMILES string of the molecule is CC(=O)N1CC2(CCN(c3cc(C(C)C)nc(C)n3)CC2)CC1C(=O)O. The van der Waals surface area contributed by atoms with Crippen molar-refractivity contribution < 1.29 is 14.7 Å². The van der Waals surface area contributed by atoms with Crippen LogP contribution in [0.5, 0.6) is 0 Å². The van der Waals surface area contributed by atoms with Gasteiger partial charge in [-0.15, -0.1) is 0 Å². The molecule has 2 aliphatic rings. The van der Waals surface area contributed by atoms with Crippen LogP contribution in [0, 0.1) is 12.3 Å². The van der Waals surface area contributed by atoms with Gasteiger partial charge in [0.05, 0.1) is 0 Å². The fourth-order valence-electron chi connectivity index (χ4n) is 4.21. The molecule has 7 heteroatoms. The maximum absolute atomic E-state index is 11.8. The van der Waals surface area contributed by atoms with Crippen molar-refractivity contribution >= 4 is 17.7 Å². The molecule has 0 radical (unpaired) electrons. The summed E-state index contributed by atoms with van der Waals surface area (Å²) in [5, 5.41) is 9.47. The molecule has 1 aromatic rings. The van der Waals surface area contributed by atoms with Crippen molar-refractivity contribution in [2.75, 3.05) is 24.5 Å². The molecule has 3 heterocycles. The summed E-state index contributed by atoms with van der Waals surface area (Å²) in [6.45, 7) is 9.82. The molecule has 2 fully saturated rings. The van der Waals surface area contributed by atoms with E-state index in [4.69, 9.17) is 0 Å². The van der Waals surface area contributed by atoms with E-state index in [0.717, 1.165) is 43.3 Å². The van der Waals surface area contributed by atoms with Crippen LogP contribution in [0.1, 0.15) is 57.5 Å². The van der Waals surface area contributed by atoms with Crippen LogP contribution in [-0.4, -0.2) is 57.5 Å². The molecule has 1 amide bonds. The number of carboxylic acids is 1. The third-order valence-electron chi connectivity index (χ3n) is 5.78. The lowest BCUT2D eigenvalue weighted by molar-refractivity contribution is -0.147. The summed E-state index contributed by atoms with van der Waals surface area (Å²) < 4.78 is 0. The van der Waals surface area contributed by atoms with Crippen molar-refractivity contribution in [2.24, 2.45) is 5.41 Å². The first-order valence-corrected chi connectivity index (χ1v) is 9.31. The summed E-state index contributed by atoms with van der Waals surface area (Å²) in [6, 6.07) is 1.37. The Kier molecular flexibility index (Phi) is 4.90. The first-order chi connectivity index (χ1) is 12.2. The number of carbonyl (C=O) groups excluding carboxylic acids is 1. The van der Waals surface area contributed by atoms with Crippen molar-refractivity contribution in [3.63, 3.8) is 0 Å². The molecular weight excluding hydrogens is 332 g/mol. The van der Waals surface area contributed by atoms with Crippen molar-refractivity contribution in [2.45, 2.75) is 58.9 Å². The second kappa shape index (κ2) is 6.85. The lowest BCUT2D eigenvalue weighted by atomic mass is 9.76. The Morgan fingerprint density at radius 1 is 1.27 bits per heavy atom. The predicted molar refractivity (Wildman–Crippen MR) is 98.2 cm³/mol. The van der Waals surface area contributed by atoms with E-state index in [1.807, 2.05) is 6.92 Å². The summed E-state index contributed by atoms with van der Waals surface area (Å²) in [6.07, 6.45) is 2.30. The highest BCUT2D eigenvalue weighted by atomic mass is 16.4. The van der Waals surface area contributed by atoms with Gasteiger partial charge in [0, 0.05) is 38.3 Å². The lowest BCUT2D eigenvalue weighted by Crippen LogP contribution is -2.42. The quantitative estimate of drug-likeness (QED) is 0.889. The van der Waals surface area contributed by atoms with Gasteiger partial charge in [0.25, 0.3) is 0 Å². The van der Waals surface area contributed by atoms with Crippen LogP contribution >= 0.6 is 0 Å². The number of hydrogen-bond donors (Lipinski definition) is 1. The van der Waals surface area contributed by atoms with Crippen molar-refractivity contribution in [1.29, 1.82) is 0 Å². The maximum Gasteiger partial charge on any atom is 0.326 e. The highest BCUT2D eigenvalue weighted by Crippen LogP contribution is 2.44. The molecule has 0 aromatic carbocycles. The summed E-state index contributed by atoms with van der Waals surface area (Å²) in [7, 11) is 0. The largest absolute Gasteiger partial charge is 0.480 e. The van der Waals surface area contributed by atoms with Gasteiger partial charge in [-0.1, -0.05) is 13.8 Å². The molecule has 0 bridgehead atoms. The van der Waals surface area contributed by atoms with Gasteiger partial charge in [-0.3, -0.25) is 4.79 Å². The number of aliphatic carboxylic acids is 1. The number of nitrogens with zero attached hydrogens (tertiary/aromatic N) is 4. The minimum Gasteiger partial charge on any atom is -0.480 e. The van der Waals surface area contributed by atoms with Gasteiger partial charge < -0.3 is 14.9 Å². The molecule has 1 atom stereocenters. The van der Waals surface area contributed by atoms with Crippen molar-refractivity contribution in [3.8, 4) is 0 Å². The number of amides is 1. The molecule has 2 saturated heterocycles. The minimum atomic E-state index is -0.896. The number of rotatable bonds is 3. The van der Waals surface area contributed by atoms with E-state index in [-0.39, 0.29) is 11.3 Å². The Hall–Kier alpha value is -2.18. The summed E-state index contributed by atoms with van der Waals surface area (Å²) in [5.74, 6) is 1.03. The molecule has 142 valence electrons. The van der Waals surface area contributed by atoms with Gasteiger partial charge in [-0.05, 0) is 37.5 Å². The number of carboxylic acid groups (broad SMARTS) is 1. The number of hydrogen-bond acceptors (Lipinski definition) is 5. The second-order valence-corrected chi connectivity index (χ2v) is 8.05. The van der Waals surface area contributed by atoms with E-state index in [1.165, 1.54) is 11.8 Å². The fourth-order valence-corrected chi connectivity index (χ4v) is 4.21. The molecule has 1 spiro atoms. The van der Waals surface area contributed by atoms with Crippen molar-refractivity contribution in [3.05, 3.63) is 17.6 Å². The van der Waals surface area contributed by atoms with Crippen LogP contribution in [0.2, 0.25) is 0 Å². The fraction of sp³-hybridized carbons (Fsp3) is 0.684. The van der Waals surface area contributed by atoms with Crippen LogP contribution in [0.25, 0.3) is 0 Å². The van der Waals surface area contributed by atoms with Gasteiger partial charge in [0.15, 0.2) is 0 Å². The normalized spacial score (nSPS) is 22.3. The zero-order chi connectivity index (χ0) is 19.1. The minimum absolute atomic E-state index is 0.0891. The van der Waals surface area contributed by atoms with E-state index in [0.29, 0.717) is 18.9 Å². The first kappa shape index (κ1) is 18.6. The summed E-state index contributed by atoms with van der Waals surface area (Å²) in [4.78, 5) is 36.3. The van der Waals surface area contributed by atoms with Crippen LogP contribution in [-0.2, 0) is 9.59 Å². The zero-order valence-corrected chi connectivity index (χ0v) is 16.0. The first-order valence-electron chi connectivity index (χ1n) is 9.31. The Labute approximate surface area is 154 Å². The lowest BCUT2D eigenvalue weighted by Gasteiger charge is -2.39. The van der Waals surface area contributed by atoms with E-state index in [9.17, 15) is 14.7 Å². The van der Waals surface area contributed by atoms with Crippen LogP contribution < -0.4 is 4.90 Å². The second-order valence-electron chi connectivity index (χ2n) is 8.05. The summed E-state index contributed by atoms with van der Waals surface area (Å²) in [5.41, 5.74) is 0.955. The predicted octanol–water partition coefficient (Wildman–Crippen LogP) is 2.20. The van der Waals surface area contributed by atoms with Crippen LogP contribution in [0.15, 0.2) is 6.07 Å². The Morgan fingerprint density at radius 3 is 2.42 bits per heavy atom. The number of carbonyl (C=O) groups is 2. The number of piperidine rings is 1. The molecule has 7 nitrogen and oxygen atoms in total. The Morgan fingerprint density at radius 2 is 1.92 bits per heavy atom. The molecule has 1 N–H and O–H groups in total. The molecular formula is C19H28N4O3. The van der Waals surface area contributed by atoms with Crippen LogP contribution in [0.4, 0.5) is 5.82 Å². The van der Waals surface area contributed by atoms with Crippen molar-refractivity contribution in [1.82, 2.24) is 14.9 Å². The Balaban J connectivity index is 1.74. The number of anilines is 1. The van der Waals surface area contributed by atoms with E-state index in [1.54, 1.807) is 0 Å². The Bertz CT molecular complexity index is 687. The maximum atomic E-state index is 11.8. The highest BCUT2D eigenvalue weighted by molar-refractivity contribution is 5.83. The van der Waals surface area contributed by atoms with Gasteiger partial charge in [0.1, 0.15) is 17.7 Å². The molecule has 26 heavy (non-hydrogen) atoms. The van der Waals surface area contributed by atoms with Gasteiger partial charge in [-0.25, -0.2) is 14.8 Å².